The van der Waals surface area contributed by atoms with Gasteiger partial charge in [0.05, 0.1) is 11.9 Å². The van der Waals surface area contributed by atoms with Crippen LogP contribution in [0, 0.1) is 0 Å². The van der Waals surface area contributed by atoms with Crippen molar-refractivity contribution in [3.63, 3.8) is 0 Å². The second-order valence-corrected chi connectivity index (χ2v) is 5.96. The van der Waals surface area contributed by atoms with E-state index >= 15 is 0 Å². The van der Waals surface area contributed by atoms with Crippen molar-refractivity contribution in [3.05, 3.63) is 0 Å². The molecule has 0 atom stereocenters. The van der Waals surface area contributed by atoms with Crippen LogP contribution in [-0.4, -0.2) is 48.7 Å². The van der Waals surface area contributed by atoms with Crippen LogP contribution in [0.1, 0.15) is 19.3 Å². The first-order chi connectivity index (χ1) is 6.56. The van der Waals surface area contributed by atoms with E-state index in [1.54, 1.807) is 0 Å². The van der Waals surface area contributed by atoms with Crippen molar-refractivity contribution in [1.82, 2.24) is 4.31 Å². The van der Waals surface area contributed by atoms with Crippen molar-refractivity contribution < 1.29 is 13.5 Å². The Morgan fingerprint density at radius 3 is 2.43 bits per heavy atom. The third-order valence-corrected chi connectivity index (χ3v) is 4.58. The summed E-state index contributed by atoms with van der Waals surface area (Å²) in [4.78, 5) is 0. The van der Waals surface area contributed by atoms with Gasteiger partial charge in [0, 0.05) is 19.0 Å². The van der Waals surface area contributed by atoms with Crippen molar-refractivity contribution in [3.8, 4) is 0 Å². The summed E-state index contributed by atoms with van der Waals surface area (Å²) in [5.41, 5.74) is 0. The number of hydrogen-bond donors (Lipinski definition) is 1. The van der Waals surface area contributed by atoms with Gasteiger partial charge in [-0.2, -0.15) is 0 Å². The van der Waals surface area contributed by atoms with Gasteiger partial charge in [0.15, 0.2) is 0 Å². The number of rotatable bonds is 4. The van der Waals surface area contributed by atoms with Crippen LogP contribution in [0.15, 0.2) is 0 Å². The molecule has 14 heavy (non-hydrogen) atoms. The predicted octanol–water partition coefficient (Wildman–Crippen LogP) is 0.402. The van der Waals surface area contributed by atoms with E-state index in [-0.39, 0.29) is 11.9 Å². The zero-order chi connectivity index (χ0) is 10.6. The van der Waals surface area contributed by atoms with Crippen molar-refractivity contribution >= 4 is 21.6 Å². The minimum atomic E-state index is -3.13. The number of sulfonamides is 1. The molecule has 0 saturated carbocycles. The standard InChI is InChI=1S/C8H16ClNO3S/c9-4-1-7-14(12,13)10-5-2-8(11)3-6-10/h8,11H,1-7H2. The first-order valence-corrected chi connectivity index (χ1v) is 6.92. The molecule has 0 aromatic heterocycles. The summed E-state index contributed by atoms with van der Waals surface area (Å²) < 4.78 is 24.7. The van der Waals surface area contributed by atoms with E-state index in [0.717, 1.165) is 0 Å². The number of piperidine rings is 1. The molecule has 0 amide bonds. The van der Waals surface area contributed by atoms with Crippen LogP contribution in [0.4, 0.5) is 0 Å². The van der Waals surface area contributed by atoms with Crippen molar-refractivity contribution in [2.45, 2.75) is 25.4 Å². The third-order valence-electron chi connectivity index (χ3n) is 2.35. The minimum absolute atomic E-state index is 0.118. The van der Waals surface area contributed by atoms with Crippen molar-refractivity contribution in [2.75, 3.05) is 24.7 Å². The summed E-state index contributed by atoms with van der Waals surface area (Å²) >= 11 is 5.45. The van der Waals surface area contributed by atoms with E-state index in [0.29, 0.717) is 38.2 Å². The van der Waals surface area contributed by atoms with Crippen LogP contribution >= 0.6 is 11.6 Å². The number of aliphatic hydroxyl groups excluding tert-OH is 1. The molecule has 4 nitrogen and oxygen atoms in total. The largest absolute Gasteiger partial charge is 0.393 e. The van der Waals surface area contributed by atoms with E-state index in [1.807, 2.05) is 0 Å². The number of aliphatic hydroxyl groups is 1. The van der Waals surface area contributed by atoms with Crippen LogP contribution in [-0.2, 0) is 10.0 Å². The zero-order valence-corrected chi connectivity index (χ0v) is 9.60. The number of nitrogens with zero attached hydrogens (tertiary/aromatic N) is 1. The van der Waals surface area contributed by atoms with Gasteiger partial charge in [-0.15, -0.1) is 11.6 Å². The highest BCUT2D eigenvalue weighted by atomic mass is 35.5. The molecular formula is C8H16ClNO3S. The van der Waals surface area contributed by atoms with Gasteiger partial charge in [-0.1, -0.05) is 0 Å². The zero-order valence-electron chi connectivity index (χ0n) is 8.02. The summed E-state index contributed by atoms with van der Waals surface area (Å²) in [6.45, 7) is 0.873. The van der Waals surface area contributed by atoms with Crippen molar-refractivity contribution in [1.29, 1.82) is 0 Å². The lowest BCUT2D eigenvalue weighted by molar-refractivity contribution is 0.113. The molecule has 1 heterocycles. The van der Waals surface area contributed by atoms with Gasteiger partial charge in [0.25, 0.3) is 0 Å². The molecule has 1 N–H and O–H groups in total. The predicted molar refractivity (Wildman–Crippen MR) is 55.9 cm³/mol. The SMILES string of the molecule is O=S(=O)(CCCCl)N1CCC(O)CC1. The van der Waals surface area contributed by atoms with E-state index in [2.05, 4.69) is 0 Å². The Morgan fingerprint density at radius 1 is 1.36 bits per heavy atom. The summed E-state index contributed by atoms with van der Waals surface area (Å²) in [7, 11) is -3.13. The smallest absolute Gasteiger partial charge is 0.214 e. The van der Waals surface area contributed by atoms with Crippen LogP contribution < -0.4 is 0 Å². The molecule has 0 bridgehead atoms. The van der Waals surface area contributed by atoms with Crippen LogP contribution in [0.5, 0.6) is 0 Å². The van der Waals surface area contributed by atoms with Gasteiger partial charge in [-0.05, 0) is 19.3 Å². The lowest BCUT2D eigenvalue weighted by atomic mass is 10.1. The fourth-order valence-electron chi connectivity index (χ4n) is 1.49. The highest BCUT2D eigenvalue weighted by molar-refractivity contribution is 7.89. The average molecular weight is 242 g/mol. The number of alkyl halides is 1. The van der Waals surface area contributed by atoms with Gasteiger partial charge in [-0.25, -0.2) is 12.7 Å². The van der Waals surface area contributed by atoms with Gasteiger partial charge in [0.1, 0.15) is 0 Å². The molecular weight excluding hydrogens is 226 g/mol. The fraction of sp³-hybridized carbons (Fsp3) is 1.00. The van der Waals surface area contributed by atoms with Crippen LogP contribution in [0.3, 0.4) is 0 Å². The summed E-state index contributed by atoms with van der Waals surface area (Å²) in [6, 6.07) is 0. The Balaban J connectivity index is 2.47. The van der Waals surface area contributed by atoms with Crippen LogP contribution in [0.2, 0.25) is 0 Å². The topological polar surface area (TPSA) is 57.6 Å². The molecule has 1 aliphatic rings. The molecule has 84 valence electrons. The molecule has 1 rings (SSSR count). The summed E-state index contributed by atoms with van der Waals surface area (Å²) in [5, 5.41) is 9.23. The Kier molecular flexibility index (Phi) is 4.63. The molecule has 0 aliphatic carbocycles. The monoisotopic (exact) mass is 241 g/mol. The normalized spacial score (nSPS) is 21.3. The molecule has 0 unspecified atom stereocenters. The first kappa shape index (κ1) is 12.2. The molecule has 6 heteroatoms. The number of halogens is 1. The Labute approximate surface area is 89.9 Å². The maximum Gasteiger partial charge on any atom is 0.214 e. The lowest BCUT2D eigenvalue weighted by Gasteiger charge is -2.28. The Bertz CT molecular complexity index is 260. The van der Waals surface area contributed by atoms with Gasteiger partial charge < -0.3 is 5.11 Å². The van der Waals surface area contributed by atoms with Gasteiger partial charge in [-0.3, -0.25) is 0 Å². The average Bonchev–Trinajstić information content (AvgIpc) is 2.16. The van der Waals surface area contributed by atoms with Gasteiger partial charge in [0.2, 0.25) is 10.0 Å². The quantitative estimate of drug-likeness (QED) is 0.725. The summed E-state index contributed by atoms with van der Waals surface area (Å²) in [5.74, 6) is 0.488. The molecule has 1 aliphatic heterocycles. The maximum absolute atomic E-state index is 11.6. The Morgan fingerprint density at radius 2 is 1.93 bits per heavy atom. The van der Waals surface area contributed by atoms with Gasteiger partial charge >= 0.3 is 0 Å². The lowest BCUT2D eigenvalue weighted by Crippen LogP contribution is -2.41. The molecule has 1 fully saturated rings. The molecule has 1 saturated heterocycles. The molecule has 0 aromatic rings. The number of hydrogen-bond acceptors (Lipinski definition) is 3. The van der Waals surface area contributed by atoms with Crippen LogP contribution in [0.25, 0.3) is 0 Å². The Hall–Kier alpha value is 0.160. The highest BCUT2D eigenvalue weighted by Gasteiger charge is 2.26. The van der Waals surface area contributed by atoms with Crippen molar-refractivity contribution in [2.24, 2.45) is 0 Å². The van der Waals surface area contributed by atoms with E-state index in [9.17, 15) is 13.5 Å². The second-order valence-electron chi connectivity index (χ2n) is 3.49. The molecule has 0 aromatic carbocycles. The second kappa shape index (κ2) is 5.30. The van der Waals surface area contributed by atoms with E-state index in [1.165, 1.54) is 4.31 Å². The fourth-order valence-corrected chi connectivity index (χ4v) is 3.31. The minimum Gasteiger partial charge on any atom is -0.393 e. The first-order valence-electron chi connectivity index (χ1n) is 4.78. The molecule has 0 spiro atoms. The summed E-state index contributed by atoms with van der Waals surface area (Å²) in [6.07, 6.45) is 1.23. The maximum atomic E-state index is 11.6. The van der Waals surface area contributed by atoms with E-state index in [4.69, 9.17) is 11.6 Å². The van der Waals surface area contributed by atoms with E-state index < -0.39 is 10.0 Å². The third kappa shape index (κ3) is 3.38. The molecule has 0 radical (unpaired) electrons. The highest BCUT2D eigenvalue weighted by Crippen LogP contribution is 2.14.